The molecule has 0 saturated carbocycles. The van der Waals surface area contributed by atoms with Gasteiger partial charge in [-0.2, -0.15) is 0 Å². The van der Waals surface area contributed by atoms with Crippen molar-refractivity contribution in [2.24, 2.45) is 5.73 Å². The van der Waals surface area contributed by atoms with Crippen LogP contribution in [0.3, 0.4) is 0 Å². The fraction of sp³-hybridized carbons (Fsp3) is 0.625. The predicted octanol–water partition coefficient (Wildman–Crippen LogP) is 2.83. The van der Waals surface area contributed by atoms with Gasteiger partial charge in [0.05, 0.1) is 13.2 Å². The molecule has 106 valence electrons. The summed E-state index contributed by atoms with van der Waals surface area (Å²) in [5.74, 6) is 0.936. The normalized spacial score (nSPS) is 21.1. The van der Waals surface area contributed by atoms with E-state index < -0.39 is 0 Å². The second kappa shape index (κ2) is 6.92. The molecule has 0 amide bonds. The third-order valence-electron chi connectivity index (χ3n) is 3.76. The molecule has 1 aromatic rings. The van der Waals surface area contributed by atoms with E-state index in [9.17, 15) is 0 Å². The van der Waals surface area contributed by atoms with Crippen molar-refractivity contribution in [3.05, 3.63) is 29.3 Å². The molecule has 19 heavy (non-hydrogen) atoms. The highest BCUT2D eigenvalue weighted by Gasteiger charge is 2.18. The molecule has 2 unspecified atom stereocenters. The highest BCUT2D eigenvalue weighted by molar-refractivity contribution is 5.37. The van der Waals surface area contributed by atoms with Gasteiger partial charge < -0.3 is 15.2 Å². The van der Waals surface area contributed by atoms with Crippen molar-refractivity contribution in [2.45, 2.75) is 51.2 Å². The summed E-state index contributed by atoms with van der Waals surface area (Å²) in [6.45, 7) is 2.99. The second-order valence-corrected chi connectivity index (χ2v) is 5.50. The minimum Gasteiger partial charge on any atom is -0.496 e. The van der Waals surface area contributed by atoms with Gasteiger partial charge in [0.2, 0.25) is 0 Å². The van der Waals surface area contributed by atoms with Gasteiger partial charge in [0.25, 0.3) is 0 Å². The molecule has 1 saturated heterocycles. The SMILES string of the molecule is COc1ccc(C)cc1CC(N)CC1CCCCO1. The molecule has 0 aromatic heterocycles. The first kappa shape index (κ1) is 14.4. The number of benzene rings is 1. The van der Waals surface area contributed by atoms with Crippen LogP contribution in [0, 0.1) is 6.92 Å². The van der Waals surface area contributed by atoms with Gasteiger partial charge in [0, 0.05) is 12.6 Å². The monoisotopic (exact) mass is 263 g/mol. The van der Waals surface area contributed by atoms with Crippen molar-refractivity contribution in [1.29, 1.82) is 0 Å². The zero-order valence-corrected chi connectivity index (χ0v) is 12.0. The van der Waals surface area contributed by atoms with Crippen molar-refractivity contribution in [3.8, 4) is 5.75 Å². The van der Waals surface area contributed by atoms with Crippen molar-refractivity contribution < 1.29 is 9.47 Å². The van der Waals surface area contributed by atoms with E-state index in [1.807, 2.05) is 6.07 Å². The maximum Gasteiger partial charge on any atom is 0.122 e. The number of aryl methyl sites for hydroxylation is 1. The molecule has 0 bridgehead atoms. The predicted molar refractivity (Wildman–Crippen MR) is 77.6 cm³/mol. The van der Waals surface area contributed by atoms with Crippen molar-refractivity contribution in [2.75, 3.05) is 13.7 Å². The standard InChI is InChI=1S/C16H25NO2/c1-12-6-7-16(18-2)13(9-12)10-14(17)11-15-5-3-4-8-19-15/h6-7,9,14-15H,3-5,8,10-11,17H2,1-2H3. The second-order valence-electron chi connectivity index (χ2n) is 5.50. The van der Waals surface area contributed by atoms with Crippen LogP contribution in [-0.4, -0.2) is 25.9 Å². The third kappa shape index (κ3) is 4.22. The Morgan fingerprint density at radius 2 is 2.26 bits per heavy atom. The number of rotatable bonds is 5. The van der Waals surface area contributed by atoms with E-state index in [1.54, 1.807) is 7.11 Å². The molecule has 3 nitrogen and oxygen atoms in total. The molecule has 3 heteroatoms. The minimum atomic E-state index is 0.138. The summed E-state index contributed by atoms with van der Waals surface area (Å²) in [4.78, 5) is 0. The highest BCUT2D eigenvalue weighted by atomic mass is 16.5. The van der Waals surface area contributed by atoms with Crippen LogP contribution in [0.4, 0.5) is 0 Å². The Morgan fingerprint density at radius 1 is 1.42 bits per heavy atom. The van der Waals surface area contributed by atoms with E-state index in [-0.39, 0.29) is 6.04 Å². The molecule has 1 aliphatic rings. The zero-order valence-electron chi connectivity index (χ0n) is 12.0. The Bertz CT molecular complexity index is 400. The number of ether oxygens (including phenoxy) is 2. The van der Waals surface area contributed by atoms with Crippen molar-refractivity contribution in [3.63, 3.8) is 0 Å². The lowest BCUT2D eigenvalue weighted by Gasteiger charge is -2.25. The topological polar surface area (TPSA) is 44.5 Å². The van der Waals surface area contributed by atoms with E-state index in [0.29, 0.717) is 6.10 Å². The number of nitrogens with two attached hydrogens (primary N) is 1. The Hall–Kier alpha value is -1.06. The summed E-state index contributed by atoms with van der Waals surface area (Å²) in [6.07, 6.45) is 5.75. The van der Waals surface area contributed by atoms with E-state index in [4.69, 9.17) is 15.2 Å². The lowest BCUT2D eigenvalue weighted by Crippen LogP contribution is -2.31. The molecule has 0 radical (unpaired) electrons. The van der Waals surface area contributed by atoms with Gasteiger partial charge in [0.1, 0.15) is 5.75 Å². The Labute approximate surface area is 116 Å². The van der Waals surface area contributed by atoms with Crippen LogP contribution in [0.15, 0.2) is 18.2 Å². The average Bonchev–Trinajstić information content (AvgIpc) is 2.40. The van der Waals surface area contributed by atoms with Crippen LogP contribution >= 0.6 is 0 Å². The van der Waals surface area contributed by atoms with Crippen LogP contribution in [0.5, 0.6) is 5.75 Å². The summed E-state index contributed by atoms with van der Waals surface area (Å²) in [7, 11) is 1.71. The number of hydrogen-bond donors (Lipinski definition) is 1. The van der Waals surface area contributed by atoms with Gasteiger partial charge in [-0.05, 0) is 50.7 Å². The first-order chi connectivity index (χ1) is 9.19. The van der Waals surface area contributed by atoms with E-state index >= 15 is 0 Å². The summed E-state index contributed by atoms with van der Waals surface area (Å²) in [6, 6.07) is 6.39. The lowest BCUT2D eigenvalue weighted by molar-refractivity contribution is 0.00744. The van der Waals surface area contributed by atoms with Gasteiger partial charge in [-0.1, -0.05) is 17.7 Å². The third-order valence-corrected chi connectivity index (χ3v) is 3.76. The summed E-state index contributed by atoms with van der Waals surface area (Å²) < 4.78 is 11.2. The molecule has 0 spiro atoms. The van der Waals surface area contributed by atoms with Crippen LogP contribution < -0.4 is 10.5 Å². The summed E-state index contributed by atoms with van der Waals surface area (Å²) in [5, 5.41) is 0. The fourth-order valence-electron chi connectivity index (χ4n) is 2.76. The van der Waals surface area contributed by atoms with Gasteiger partial charge in [-0.3, -0.25) is 0 Å². The minimum absolute atomic E-state index is 0.138. The Kier molecular flexibility index (Phi) is 5.23. The Balaban J connectivity index is 1.93. The van der Waals surface area contributed by atoms with Gasteiger partial charge in [0.15, 0.2) is 0 Å². The number of methoxy groups -OCH3 is 1. The molecule has 1 aromatic carbocycles. The highest BCUT2D eigenvalue weighted by Crippen LogP contribution is 2.23. The molecule has 2 atom stereocenters. The Morgan fingerprint density at radius 3 is 2.95 bits per heavy atom. The molecule has 0 aliphatic carbocycles. The van der Waals surface area contributed by atoms with Crippen molar-refractivity contribution >= 4 is 0 Å². The van der Waals surface area contributed by atoms with E-state index in [0.717, 1.165) is 31.6 Å². The van der Waals surface area contributed by atoms with E-state index in [1.165, 1.54) is 24.0 Å². The summed E-state index contributed by atoms with van der Waals surface area (Å²) in [5.41, 5.74) is 8.72. The molecule has 1 aliphatic heterocycles. The average molecular weight is 263 g/mol. The maximum absolute atomic E-state index is 6.27. The smallest absolute Gasteiger partial charge is 0.122 e. The molecular formula is C16H25NO2. The van der Waals surface area contributed by atoms with Gasteiger partial charge in [-0.15, -0.1) is 0 Å². The fourth-order valence-corrected chi connectivity index (χ4v) is 2.76. The van der Waals surface area contributed by atoms with Crippen LogP contribution in [0.25, 0.3) is 0 Å². The molecular weight excluding hydrogens is 238 g/mol. The first-order valence-corrected chi connectivity index (χ1v) is 7.19. The van der Waals surface area contributed by atoms with Crippen LogP contribution in [0.2, 0.25) is 0 Å². The molecule has 1 heterocycles. The molecule has 1 fully saturated rings. The van der Waals surface area contributed by atoms with Crippen LogP contribution in [-0.2, 0) is 11.2 Å². The molecule has 2 N–H and O–H groups in total. The quantitative estimate of drug-likeness (QED) is 0.888. The van der Waals surface area contributed by atoms with E-state index in [2.05, 4.69) is 19.1 Å². The first-order valence-electron chi connectivity index (χ1n) is 7.19. The lowest BCUT2D eigenvalue weighted by atomic mass is 9.96. The number of hydrogen-bond acceptors (Lipinski definition) is 3. The largest absolute Gasteiger partial charge is 0.496 e. The van der Waals surface area contributed by atoms with Crippen LogP contribution in [0.1, 0.15) is 36.8 Å². The summed E-state index contributed by atoms with van der Waals surface area (Å²) >= 11 is 0. The molecule has 2 rings (SSSR count). The van der Waals surface area contributed by atoms with Gasteiger partial charge >= 0.3 is 0 Å². The zero-order chi connectivity index (χ0) is 13.7. The maximum atomic E-state index is 6.27. The van der Waals surface area contributed by atoms with Gasteiger partial charge in [-0.25, -0.2) is 0 Å². The van der Waals surface area contributed by atoms with Crippen molar-refractivity contribution in [1.82, 2.24) is 0 Å².